The van der Waals surface area contributed by atoms with E-state index in [1.54, 1.807) is 7.05 Å². The zero-order valence-electron chi connectivity index (χ0n) is 14.5. The van der Waals surface area contributed by atoms with Crippen molar-refractivity contribution in [2.45, 2.75) is 38.9 Å². The highest BCUT2D eigenvalue weighted by Gasteiger charge is 2.13. The van der Waals surface area contributed by atoms with Crippen LogP contribution in [0.25, 0.3) is 0 Å². The molecule has 0 aromatic heterocycles. The lowest BCUT2D eigenvalue weighted by molar-refractivity contribution is 0.262. The standard InChI is InChI=1S/C19H23NO3S/c1-12-8-14(3)17(9-13(12)2)23-11-16-15(10-21)6-5-7-18(16)24-19(22)20-4/h5-9,21H,10-11H2,1-4H3,(H,20,22). The molecule has 0 spiro atoms. The average Bonchev–Trinajstić information content (AvgIpc) is 2.57. The number of amides is 1. The number of ether oxygens (including phenoxy) is 1. The highest BCUT2D eigenvalue weighted by atomic mass is 32.2. The molecule has 0 aliphatic heterocycles. The highest BCUT2D eigenvalue weighted by molar-refractivity contribution is 8.13. The molecule has 2 N–H and O–H groups in total. The lowest BCUT2D eigenvalue weighted by Crippen LogP contribution is -2.12. The third-order valence-corrected chi connectivity index (χ3v) is 4.96. The first-order chi connectivity index (χ1) is 11.5. The molecule has 128 valence electrons. The Balaban J connectivity index is 2.28. The molecule has 0 aliphatic rings. The Bertz CT molecular complexity index is 744. The molecule has 4 nitrogen and oxygen atoms in total. The zero-order chi connectivity index (χ0) is 17.7. The highest BCUT2D eigenvalue weighted by Crippen LogP contribution is 2.29. The van der Waals surface area contributed by atoms with Crippen molar-refractivity contribution >= 4 is 17.0 Å². The first-order valence-corrected chi connectivity index (χ1v) is 8.59. The number of carbonyl (C=O) groups excluding carboxylic acids is 1. The summed E-state index contributed by atoms with van der Waals surface area (Å²) in [4.78, 5) is 12.5. The number of aliphatic hydroxyl groups is 1. The van der Waals surface area contributed by atoms with E-state index in [1.165, 1.54) is 11.1 Å². The van der Waals surface area contributed by atoms with Gasteiger partial charge in [-0.3, -0.25) is 4.79 Å². The molecule has 0 bridgehead atoms. The van der Waals surface area contributed by atoms with Gasteiger partial charge in [-0.1, -0.05) is 18.2 Å². The largest absolute Gasteiger partial charge is 0.489 e. The average molecular weight is 345 g/mol. The minimum absolute atomic E-state index is 0.0905. The number of aryl methyl sites for hydroxylation is 3. The van der Waals surface area contributed by atoms with E-state index in [0.29, 0.717) is 6.61 Å². The van der Waals surface area contributed by atoms with E-state index in [4.69, 9.17) is 4.74 Å². The summed E-state index contributed by atoms with van der Waals surface area (Å²) < 4.78 is 6.00. The van der Waals surface area contributed by atoms with Crippen LogP contribution in [-0.2, 0) is 13.2 Å². The van der Waals surface area contributed by atoms with Gasteiger partial charge in [0.05, 0.1) is 6.61 Å². The number of thioether (sulfide) groups is 1. The topological polar surface area (TPSA) is 58.6 Å². The van der Waals surface area contributed by atoms with Crippen molar-refractivity contribution in [1.82, 2.24) is 5.32 Å². The summed E-state index contributed by atoms with van der Waals surface area (Å²) in [6.07, 6.45) is 0. The van der Waals surface area contributed by atoms with Crippen molar-refractivity contribution in [3.05, 3.63) is 58.1 Å². The molecule has 2 aromatic rings. The Morgan fingerprint density at radius 2 is 1.88 bits per heavy atom. The monoisotopic (exact) mass is 345 g/mol. The number of hydrogen-bond donors (Lipinski definition) is 2. The maximum atomic E-state index is 11.7. The van der Waals surface area contributed by atoms with E-state index in [-0.39, 0.29) is 11.8 Å². The van der Waals surface area contributed by atoms with Crippen LogP contribution in [0, 0.1) is 20.8 Å². The van der Waals surface area contributed by atoms with Gasteiger partial charge in [0.2, 0.25) is 0 Å². The maximum absolute atomic E-state index is 11.7. The fraction of sp³-hybridized carbons (Fsp3) is 0.316. The molecule has 24 heavy (non-hydrogen) atoms. The van der Waals surface area contributed by atoms with Crippen molar-refractivity contribution in [3.8, 4) is 5.75 Å². The molecule has 0 atom stereocenters. The van der Waals surface area contributed by atoms with Crippen molar-refractivity contribution in [2.24, 2.45) is 0 Å². The van der Waals surface area contributed by atoms with E-state index in [2.05, 4.69) is 25.2 Å². The van der Waals surface area contributed by atoms with Gasteiger partial charge in [0.15, 0.2) is 0 Å². The summed E-state index contributed by atoms with van der Waals surface area (Å²) in [7, 11) is 1.60. The Morgan fingerprint density at radius 1 is 1.17 bits per heavy atom. The van der Waals surface area contributed by atoms with Gasteiger partial charge in [0.25, 0.3) is 5.24 Å². The summed E-state index contributed by atoms with van der Waals surface area (Å²) in [6, 6.07) is 9.67. The van der Waals surface area contributed by atoms with Crippen LogP contribution < -0.4 is 10.1 Å². The van der Waals surface area contributed by atoms with Gasteiger partial charge in [-0.05, 0) is 66.9 Å². The molecule has 0 unspecified atom stereocenters. The molecule has 0 heterocycles. The number of aliphatic hydroxyl groups excluding tert-OH is 1. The minimum atomic E-state index is -0.145. The predicted octanol–water partition coefficient (Wildman–Crippen LogP) is 4.11. The molecule has 0 radical (unpaired) electrons. The van der Waals surface area contributed by atoms with Crippen molar-refractivity contribution in [3.63, 3.8) is 0 Å². The summed E-state index contributed by atoms with van der Waals surface area (Å²) in [5.74, 6) is 0.821. The number of benzene rings is 2. The van der Waals surface area contributed by atoms with Crippen LogP contribution in [0.1, 0.15) is 27.8 Å². The summed E-state index contributed by atoms with van der Waals surface area (Å²) >= 11 is 1.10. The predicted molar refractivity (Wildman–Crippen MR) is 97.7 cm³/mol. The Morgan fingerprint density at radius 3 is 2.54 bits per heavy atom. The molecule has 0 aliphatic carbocycles. The van der Waals surface area contributed by atoms with E-state index in [0.717, 1.165) is 39.1 Å². The van der Waals surface area contributed by atoms with Crippen LogP contribution in [0.2, 0.25) is 0 Å². The van der Waals surface area contributed by atoms with Gasteiger partial charge < -0.3 is 15.2 Å². The number of carbonyl (C=O) groups is 1. The van der Waals surface area contributed by atoms with Crippen molar-refractivity contribution in [2.75, 3.05) is 7.05 Å². The maximum Gasteiger partial charge on any atom is 0.283 e. The van der Waals surface area contributed by atoms with Crippen LogP contribution in [0.15, 0.2) is 35.2 Å². The van der Waals surface area contributed by atoms with Gasteiger partial charge in [0, 0.05) is 17.5 Å². The second kappa shape index (κ2) is 8.22. The third-order valence-electron chi connectivity index (χ3n) is 3.97. The van der Waals surface area contributed by atoms with E-state index in [9.17, 15) is 9.90 Å². The lowest BCUT2D eigenvalue weighted by Gasteiger charge is -2.16. The SMILES string of the molecule is CNC(=O)Sc1cccc(CO)c1COc1cc(C)c(C)cc1C. The first-order valence-electron chi connectivity index (χ1n) is 7.78. The number of rotatable bonds is 5. The van der Waals surface area contributed by atoms with Crippen molar-refractivity contribution < 1.29 is 14.6 Å². The second-order valence-corrected chi connectivity index (χ2v) is 6.70. The quantitative estimate of drug-likeness (QED) is 0.801. The molecule has 5 heteroatoms. The van der Waals surface area contributed by atoms with Gasteiger partial charge in [-0.15, -0.1) is 0 Å². The first kappa shape index (κ1) is 18.4. The fourth-order valence-corrected chi connectivity index (χ4v) is 3.17. The van der Waals surface area contributed by atoms with Gasteiger partial charge >= 0.3 is 0 Å². The van der Waals surface area contributed by atoms with E-state index >= 15 is 0 Å². The molecule has 0 saturated heterocycles. The fourth-order valence-electron chi connectivity index (χ4n) is 2.41. The van der Waals surface area contributed by atoms with Gasteiger partial charge in [-0.25, -0.2) is 0 Å². The zero-order valence-corrected chi connectivity index (χ0v) is 15.3. The smallest absolute Gasteiger partial charge is 0.283 e. The van der Waals surface area contributed by atoms with E-state index in [1.807, 2.05) is 31.2 Å². The van der Waals surface area contributed by atoms with Crippen LogP contribution in [0.3, 0.4) is 0 Å². The molecule has 0 fully saturated rings. The van der Waals surface area contributed by atoms with Crippen LogP contribution in [0.4, 0.5) is 4.79 Å². The second-order valence-electron chi connectivity index (χ2n) is 5.68. The van der Waals surface area contributed by atoms with Gasteiger partial charge in [-0.2, -0.15) is 0 Å². The molecule has 2 rings (SSSR count). The van der Waals surface area contributed by atoms with Crippen LogP contribution in [0.5, 0.6) is 5.75 Å². The minimum Gasteiger partial charge on any atom is -0.489 e. The normalized spacial score (nSPS) is 10.5. The third kappa shape index (κ3) is 4.30. The Labute approximate surface area is 147 Å². The molecular formula is C19H23NO3S. The van der Waals surface area contributed by atoms with Crippen LogP contribution >= 0.6 is 11.8 Å². The molecule has 1 amide bonds. The molecule has 0 saturated carbocycles. The Hall–Kier alpha value is -1.98. The lowest BCUT2D eigenvalue weighted by atomic mass is 10.1. The summed E-state index contributed by atoms with van der Waals surface area (Å²) in [6.45, 7) is 6.35. The van der Waals surface area contributed by atoms with E-state index < -0.39 is 0 Å². The Kier molecular flexibility index (Phi) is 6.29. The number of hydrogen-bond acceptors (Lipinski definition) is 4. The number of nitrogens with one attached hydrogen (secondary N) is 1. The summed E-state index contributed by atoms with van der Waals surface area (Å²) in [5, 5.41) is 12.1. The molecule has 2 aromatic carbocycles. The summed E-state index contributed by atoms with van der Waals surface area (Å²) in [5.41, 5.74) is 5.08. The van der Waals surface area contributed by atoms with Gasteiger partial charge in [0.1, 0.15) is 12.4 Å². The van der Waals surface area contributed by atoms with Crippen molar-refractivity contribution in [1.29, 1.82) is 0 Å². The molecular weight excluding hydrogens is 322 g/mol. The van der Waals surface area contributed by atoms with Crippen LogP contribution in [-0.4, -0.2) is 17.4 Å².